The molecule has 2 heterocycles. The zero-order valence-electron chi connectivity index (χ0n) is 15.0. The summed E-state index contributed by atoms with van der Waals surface area (Å²) in [7, 11) is 0. The summed E-state index contributed by atoms with van der Waals surface area (Å²) < 4.78 is 40.7. The summed E-state index contributed by atoms with van der Waals surface area (Å²) in [5, 5.41) is 6.70. The Labute approximate surface area is 162 Å². The van der Waals surface area contributed by atoms with E-state index in [-0.39, 0.29) is 12.1 Å². The van der Waals surface area contributed by atoms with E-state index < -0.39 is 23.7 Å². The van der Waals surface area contributed by atoms with Crippen LogP contribution in [0.2, 0.25) is 0 Å². The molecule has 6 nitrogen and oxygen atoms in total. The van der Waals surface area contributed by atoms with Crippen molar-refractivity contribution in [2.45, 2.75) is 57.7 Å². The fraction of sp³-hybridized carbons (Fsp3) is 0.500. The number of nitrogens with one attached hydrogen (secondary N) is 1. The lowest BCUT2D eigenvalue weighted by atomic mass is 9.95. The number of hydrogen-bond acceptors (Lipinski definition) is 4. The molecule has 150 valence electrons. The number of aryl methyl sites for hydroxylation is 1. The lowest BCUT2D eigenvalue weighted by molar-refractivity contribution is -0.142. The third kappa shape index (κ3) is 3.30. The lowest BCUT2D eigenvalue weighted by Crippen LogP contribution is -2.23. The fourth-order valence-electron chi connectivity index (χ4n) is 4.08. The van der Waals surface area contributed by atoms with Crippen LogP contribution in [0.1, 0.15) is 57.0 Å². The maximum atomic E-state index is 13.2. The number of nitrogens with two attached hydrogens (primary N) is 1. The second-order valence-electron chi connectivity index (χ2n) is 7.11. The number of primary amides is 1. The van der Waals surface area contributed by atoms with Gasteiger partial charge in [0.05, 0.1) is 5.56 Å². The minimum Gasteiger partial charge on any atom is -0.365 e. The second-order valence-corrected chi connectivity index (χ2v) is 8.22. The van der Waals surface area contributed by atoms with Crippen molar-refractivity contribution in [3.05, 3.63) is 33.0 Å². The molecule has 28 heavy (non-hydrogen) atoms. The van der Waals surface area contributed by atoms with Crippen molar-refractivity contribution < 1.29 is 22.8 Å². The van der Waals surface area contributed by atoms with Crippen molar-refractivity contribution in [3.8, 4) is 0 Å². The average molecular weight is 412 g/mol. The number of nitrogens with zero attached hydrogens (tertiary/aromatic N) is 2. The number of aromatic nitrogens is 2. The number of thiophene rings is 1. The van der Waals surface area contributed by atoms with E-state index in [2.05, 4.69) is 10.4 Å². The molecule has 3 N–H and O–H groups in total. The van der Waals surface area contributed by atoms with E-state index in [1.165, 1.54) is 11.3 Å². The van der Waals surface area contributed by atoms with Crippen LogP contribution >= 0.6 is 11.3 Å². The molecule has 2 aliphatic rings. The Morgan fingerprint density at radius 2 is 1.82 bits per heavy atom. The van der Waals surface area contributed by atoms with Gasteiger partial charge in [0.2, 0.25) is 5.91 Å². The van der Waals surface area contributed by atoms with E-state index in [9.17, 15) is 22.8 Å². The smallest absolute Gasteiger partial charge is 0.365 e. The molecule has 2 aromatic heterocycles. The van der Waals surface area contributed by atoms with Crippen molar-refractivity contribution in [1.82, 2.24) is 9.78 Å². The number of halogens is 3. The molecule has 2 aliphatic carbocycles. The average Bonchev–Trinajstić information content (AvgIpc) is 3.27. The van der Waals surface area contributed by atoms with Crippen LogP contribution in [-0.4, -0.2) is 21.6 Å². The molecule has 2 aromatic rings. The highest BCUT2D eigenvalue weighted by Crippen LogP contribution is 2.38. The summed E-state index contributed by atoms with van der Waals surface area (Å²) in [6, 6.07) is 0. The van der Waals surface area contributed by atoms with Gasteiger partial charge in [0.25, 0.3) is 5.91 Å². The molecule has 4 rings (SSSR count). The highest BCUT2D eigenvalue weighted by molar-refractivity contribution is 7.17. The first kappa shape index (κ1) is 19.0. The van der Waals surface area contributed by atoms with Gasteiger partial charge in [0.1, 0.15) is 11.5 Å². The highest BCUT2D eigenvalue weighted by Gasteiger charge is 2.40. The normalized spacial score (nSPS) is 16.0. The number of rotatable bonds is 4. The molecule has 0 aromatic carbocycles. The van der Waals surface area contributed by atoms with Crippen LogP contribution in [-0.2, 0) is 43.2 Å². The van der Waals surface area contributed by atoms with E-state index in [1.807, 2.05) is 0 Å². The first-order chi connectivity index (χ1) is 13.3. The first-order valence-corrected chi connectivity index (χ1v) is 9.97. The Bertz CT molecular complexity index is 961. The molecule has 0 aliphatic heterocycles. The Morgan fingerprint density at radius 3 is 2.54 bits per heavy atom. The van der Waals surface area contributed by atoms with Crippen LogP contribution in [0.15, 0.2) is 0 Å². The summed E-state index contributed by atoms with van der Waals surface area (Å²) in [6.45, 7) is -0.334. The molecule has 0 spiro atoms. The highest BCUT2D eigenvalue weighted by atomic mass is 32.1. The van der Waals surface area contributed by atoms with Crippen LogP contribution in [0.25, 0.3) is 0 Å². The van der Waals surface area contributed by atoms with Gasteiger partial charge in [-0.2, -0.15) is 18.3 Å². The maximum absolute atomic E-state index is 13.2. The second kappa shape index (κ2) is 6.91. The largest absolute Gasteiger partial charge is 0.435 e. The summed E-state index contributed by atoms with van der Waals surface area (Å²) >= 11 is 1.32. The van der Waals surface area contributed by atoms with E-state index in [0.29, 0.717) is 35.5 Å². The van der Waals surface area contributed by atoms with Gasteiger partial charge in [-0.3, -0.25) is 14.3 Å². The number of amides is 2. The number of carbonyl (C=O) groups excluding carboxylic acids is 2. The van der Waals surface area contributed by atoms with Crippen molar-refractivity contribution in [2.75, 3.05) is 5.32 Å². The monoisotopic (exact) mass is 412 g/mol. The van der Waals surface area contributed by atoms with Crippen LogP contribution in [0, 0.1) is 0 Å². The molecule has 0 saturated carbocycles. The van der Waals surface area contributed by atoms with Gasteiger partial charge in [-0.15, -0.1) is 11.3 Å². The number of fused-ring (bicyclic) bond motifs is 2. The van der Waals surface area contributed by atoms with Crippen molar-refractivity contribution >= 4 is 28.2 Å². The van der Waals surface area contributed by atoms with E-state index in [1.54, 1.807) is 0 Å². The molecule has 2 amide bonds. The predicted molar refractivity (Wildman–Crippen MR) is 97.4 cm³/mol. The van der Waals surface area contributed by atoms with Crippen LogP contribution < -0.4 is 11.1 Å². The fourth-order valence-corrected chi connectivity index (χ4v) is 5.40. The molecular weight excluding hydrogens is 393 g/mol. The molecule has 0 bridgehead atoms. The van der Waals surface area contributed by atoms with Gasteiger partial charge in [-0.05, 0) is 50.5 Å². The molecule has 0 radical (unpaired) electrons. The standard InChI is InChI=1S/C18H19F3N4O2S/c19-18(20,21)15-9-5-3-6-11(9)25(24-15)8-13(26)23-17-14(16(22)27)10-4-1-2-7-12(10)28-17/h1-8H2,(H2,22,27)(H,23,26). The summed E-state index contributed by atoms with van der Waals surface area (Å²) in [5.41, 5.74) is 6.47. The quantitative estimate of drug-likeness (QED) is 0.809. The van der Waals surface area contributed by atoms with Gasteiger partial charge in [0, 0.05) is 16.1 Å². The molecule has 0 atom stereocenters. The van der Waals surface area contributed by atoms with E-state index in [4.69, 9.17) is 5.73 Å². The van der Waals surface area contributed by atoms with Crippen molar-refractivity contribution in [1.29, 1.82) is 0 Å². The van der Waals surface area contributed by atoms with Gasteiger partial charge in [0.15, 0.2) is 5.69 Å². The van der Waals surface area contributed by atoms with Gasteiger partial charge >= 0.3 is 6.18 Å². The number of anilines is 1. The number of alkyl halides is 3. The predicted octanol–water partition coefficient (Wildman–Crippen LogP) is 3.07. The Balaban J connectivity index is 1.58. The third-order valence-electron chi connectivity index (χ3n) is 5.24. The minimum atomic E-state index is -4.54. The van der Waals surface area contributed by atoms with Crippen LogP contribution in [0.5, 0.6) is 0 Å². The Hall–Kier alpha value is -2.36. The minimum absolute atomic E-state index is 0.185. The van der Waals surface area contributed by atoms with Crippen LogP contribution in [0.3, 0.4) is 0 Å². The van der Waals surface area contributed by atoms with Crippen molar-refractivity contribution in [2.24, 2.45) is 5.73 Å². The Morgan fingerprint density at radius 1 is 1.11 bits per heavy atom. The SMILES string of the molecule is NC(=O)c1c(NC(=O)Cn2nc(C(F)(F)F)c3c2CCC3)sc2c1CCCC2. The zero-order valence-corrected chi connectivity index (χ0v) is 15.8. The topological polar surface area (TPSA) is 90.0 Å². The molecule has 10 heteroatoms. The summed E-state index contributed by atoms with van der Waals surface area (Å²) in [5.74, 6) is -1.12. The van der Waals surface area contributed by atoms with E-state index >= 15 is 0 Å². The van der Waals surface area contributed by atoms with Gasteiger partial charge in [-0.1, -0.05) is 0 Å². The van der Waals surface area contributed by atoms with Crippen molar-refractivity contribution in [3.63, 3.8) is 0 Å². The molecule has 0 unspecified atom stereocenters. The molecule has 0 fully saturated rings. The molecular formula is C18H19F3N4O2S. The first-order valence-electron chi connectivity index (χ1n) is 9.15. The summed E-state index contributed by atoms with van der Waals surface area (Å²) in [6.07, 6.45) is 0.388. The maximum Gasteiger partial charge on any atom is 0.435 e. The zero-order chi connectivity index (χ0) is 20.1. The number of carbonyl (C=O) groups is 2. The summed E-state index contributed by atoms with van der Waals surface area (Å²) in [4.78, 5) is 25.5. The van der Waals surface area contributed by atoms with Gasteiger partial charge in [-0.25, -0.2) is 0 Å². The Kier molecular flexibility index (Phi) is 4.68. The number of hydrogen-bond donors (Lipinski definition) is 2. The molecule has 0 saturated heterocycles. The van der Waals surface area contributed by atoms with Crippen LogP contribution in [0.4, 0.5) is 18.2 Å². The van der Waals surface area contributed by atoms with E-state index in [0.717, 1.165) is 40.8 Å². The third-order valence-corrected chi connectivity index (χ3v) is 6.45. The van der Waals surface area contributed by atoms with Gasteiger partial charge < -0.3 is 11.1 Å². The lowest BCUT2D eigenvalue weighted by Gasteiger charge is -2.11.